The van der Waals surface area contributed by atoms with Gasteiger partial charge in [0.05, 0.1) is 6.61 Å². The third kappa shape index (κ3) is 3.96. The average molecular weight is 288 g/mol. The van der Waals surface area contributed by atoms with Crippen LogP contribution in [0.25, 0.3) is 0 Å². The predicted molar refractivity (Wildman–Crippen MR) is 81.7 cm³/mol. The zero-order valence-electron chi connectivity index (χ0n) is 13.1. The lowest BCUT2D eigenvalue weighted by Gasteiger charge is -2.21. The van der Waals surface area contributed by atoms with Crippen molar-refractivity contribution in [2.75, 3.05) is 6.61 Å². The van der Waals surface area contributed by atoms with Crippen molar-refractivity contribution in [3.05, 3.63) is 23.5 Å². The monoisotopic (exact) mass is 288 g/mol. The molecule has 3 rings (SSSR count). The Labute approximate surface area is 126 Å². The second-order valence-electron chi connectivity index (χ2n) is 7.35. The van der Waals surface area contributed by atoms with Crippen molar-refractivity contribution >= 4 is 5.91 Å². The molecular formula is C17H24N2O2. The van der Waals surface area contributed by atoms with Crippen LogP contribution in [0.1, 0.15) is 68.4 Å². The summed E-state index contributed by atoms with van der Waals surface area (Å²) >= 11 is 0. The molecule has 0 aromatic carbocycles. The largest absolute Gasteiger partial charge is 0.491 e. The van der Waals surface area contributed by atoms with E-state index in [0.29, 0.717) is 29.9 Å². The van der Waals surface area contributed by atoms with Crippen molar-refractivity contribution < 1.29 is 9.53 Å². The van der Waals surface area contributed by atoms with Gasteiger partial charge in [-0.2, -0.15) is 0 Å². The van der Waals surface area contributed by atoms with Gasteiger partial charge in [-0.3, -0.25) is 4.79 Å². The van der Waals surface area contributed by atoms with Crippen LogP contribution in [0.5, 0.6) is 5.75 Å². The molecular weight excluding hydrogens is 264 g/mol. The summed E-state index contributed by atoms with van der Waals surface area (Å²) in [6, 6.07) is 2.02. The van der Waals surface area contributed by atoms with Crippen LogP contribution in [0.2, 0.25) is 0 Å². The standard InChI is InChI=1S/C17H24N2O2/c1-17(2,3)19-16(20)15-14(21-10-11-4-5-11)8-13(9-18-15)12-6-7-12/h8-9,11-12H,4-7,10H2,1-3H3,(H,19,20). The Balaban J connectivity index is 1.80. The molecule has 2 saturated carbocycles. The van der Waals surface area contributed by atoms with Gasteiger partial charge in [0.1, 0.15) is 0 Å². The fourth-order valence-electron chi connectivity index (χ4n) is 2.27. The van der Waals surface area contributed by atoms with E-state index < -0.39 is 0 Å². The van der Waals surface area contributed by atoms with E-state index in [4.69, 9.17) is 4.74 Å². The third-order valence-corrected chi connectivity index (χ3v) is 3.80. The number of rotatable bonds is 5. The maximum absolute atomic E-state index is 12.4. The molecule has 2 aliphatic carbocycles. The number of ether oxygens (including phenoxy) is 1. The number of nitrogens with zero attached hydrogens (tertiary/aromatic N) is 1. The first-order valence-corrected chi connectivity index (χ1v) is 7.87. The van der Waals surface area contributed by atoms with Crippen LogP contribution >= 0.6 is 0 Å². The summed E-state index contributed by atoms with van der Waals surface area (Å²) in [4.78, 5) is 16.8. The Morgan fingerprint density at radius 3 is 2.62 bits per heavy atom. The van der Waals surface area contributed by atoms with Crippen LogP contribution in [0.4, 0.5) is 0 Å². The lowest BCUT2D eigenvalue weighted by atomic mass is 10.1. The van der Waals surface area contributed by atoms with Crippen molar-refractivity contribution in [1.29, 1.82) is 0 Å². The van der Waals surface area contributed by atoms with Gasteiger partial charge in [0.2, 0.25) is 0 Å². The summed E-state index contributed by atoms with van der Waals surface area (Å²) in [5.41, 5.74) is 1.34. The summed E-state index contributed by atoms with van der Waals surface area (Å²) in [5.74, 6) is 1.76. The van der Waals surface area contributed by atoms with Crippen molar-refractivity contribution in [2.45, 2.75) is 57.9 Å². The van der Waals surface area contributed by atoms with E-state index in [2.05, 4.69) is 10.3 Å². The van der Waals surface area contributed by atoms with Gasteiger partial charge in [0.15, 0.2) is 11.4 Å². The van der Waals surface area contributed by atoms with Crippen molar-refractivity contribution in [3.8, 4) is 5.75 Å². The smallest absolute Gasteiger partial charge is 0.274 e. The minimum Gasteiger partial charge on any atom is -0.491 e. The second-order valence-corrected chi connectivity index (χ2v) is 7.35. The van der Waals surface area contributed by atoms with Crippen molar-refractivity contribution in [3.63, 3.8) is 0 Å². The molecule has 4 heteroatoms. The lowest BCUT2D eigenvalue weighted by molar-refractivity contribution is 0.0909. The minimum atomic E-state index is -0.276. The zero-order chi connectivity index (χ0) is 15.0. The Kier molecular flexibility index (Phi) is 3.64. The van der Waals surface area contributed by atoms with E-state index in [1.54, 1.807) is 0 Å². The molecule has 4 nitrogen and oxygen atoms in total. The van der Waals surface area contributed by atoms with E-state index in [1.165, 1.54) is 31.2 Å². The second kappa shape index (κ2) is 5.32. The van der Waals surface area contributed by atoms with Gasteiger partial charge in [-0.15, -0.1) is 0 Å². The number of hydrogen-bond acceptors (Lipinski definition) is 3. The van der Waals surface area contributed by atoms with Crippen LogP contribution in [0.15, 0.2) is 12.3 Å². The molecule has 0 aliphatic heterocycles. The molecule has 1 N–H and O–H groups in total. The SMILES string of the molecule is CC(C)(C)NC(=O)c1ncc(C2CC2)cc1OCC1CC1. The van der Waals surface area contributed by atoms with Crippen LogP contribution in [-0.2, 0) is 0 Å². The number of aromatic nitrogens is 1. The van der Waals surface area contributed by atoms with Crippen LogP contribution < -0.4 is 10.1 Å². The van der Waals surface area contributed by atoms with E-state index >= 15 is 0 Å². The maximum atomic E-state index is 12.4. The molecule has 0 saturated heterocycles. The molecule has 1 heterocycles. The van der Waals surface area contributed by atoms with Crippen LogP contribution in [0.3, 0.4) is 0 Å². The Morgan fingerprint density at radius 2 is 2.05 bits per heavy atom. The highest BCUT2D eigenvalue weighted by molar-refractivity contribution is 5.95. The van der Waals surface area contributed by atoms with Gasteiger partial charge in [0.25, 0.3) is 5.91 Å². The van der Waals surface area contributed by atoms with E-state index in [0.717, 1.165) is 0 Å². The Hall–Kier alpha value is -1.58. The molecule has 114 valence electrons. The fourth-order valence-corrected chi connectivity index (χ4v) is 2.27. The lowest BCUT2D eigenvalue weighted by Crippen LogP contribution is -2.41. The number of carbonyl (C=O) groups excluding carboxylic acids is 1. The number of hydrogen-bond donors (Lipinski definition) is 1. The molecule has 2 aliphatic rings. The average Bonchev–Trinajstić information content (AvgIpc) is 3.27. The number of nitrogens with one attached hydrogen (secondary N) is 1. The van der Waals surface area contributed by atoms with Gasteiger partial charge in [-0.05, 0) is 69.9 Å². The molecule has 0 radical (unpaired) electrons. The summed E-state index contributed by atoms with van der Waals surface area (Å²) in [6.07, 6.45) is 6.74. The van der Waals surface area contributed by atoms with Crippen molar-refractivity contribution in [2.24, 2.45) is 5.92 Å². The van der Waals surface area contributed by atoms with E-state index in [1.807, 2.05) is 33.0 Å². The quantitative estimate of drug-likeness (QED) is 0.904. The molecule has 1 aromatic rings. The predicted octanol–water partition coefficient (Wildman–Crippen LogP) is 3.28. The summed E-state index contributed by atoms with van der Waals surface area (Å²) in [7, 11) is 0. The van der Waals surface area contributed by atoms with E-state index in [9.17, 15) is 4.79 Å². The number of carbonyl (C=O) groups is 1. The van der Waals surface area contributed by atoms with Gasteiger partial charge in [-0.1, -0.05) is 0 Å². The van der Waals surface area contributed by atoms with Crippen LogP contribution in [0, 0.1) is 5.92 Å². The third-order valence-electron chi connectivity index (χ3n) is 3.80. The van der Waals surface area contributed by atoms with Gasteiger partial charge in [0, 0.05) is 11.7 Å². The maximum Gasteiger partial charge on any atom is 0.274 e. The summed E-state index contributed by atoms with van der Waals surface area (Å²) < 4.78 is 5.89. The molecule has 0 bridgehead atoms. The molecule has 0 atom stereocenters. The fraction of sp³-hybridized carbons (Fsp3) is 0.647. The summed E-state index contributed by atoms with van der Waals surface area (Å²) in [6.45, 7) is 6.60. The van der Waals surface area contributed by atoms with Gasteiger partial charge in [-0.25, -0.2) is 4.98 Å². The first-order chi connectivity index (χ1) is 9.92. The Morgan fingerprint density at radius 1 is 1.33 bits per heavy atom. The Bertz CT molecular complexity index is 540. The number of pyridine rings is 1. The highest BCUT2D eigenvalue weighted by Gasteiger charge is 2.28. The number of amides is 1. The first kappa shape index (κ1) is 14.4. The molecule has 1 amide bonds. The normalized spacial score (nSPS) is 18.4. The highest BCUT2D eigenvalue weighted by atomic mass is 16.5. The topological polar surface area (TPSA) is 51.2 Å². The molecule has 1 aromatic heterocycles. The molecule has 0 spiro atoms. The van der Waals surface area contributed by atoms with E-state index in [-0.39, 0.29) is 11.4 Å². The molecule has 21 heavy (non-hydrogen) atoms. The first-order valence-electron chi connectivity index (χ1n) is 7.87. The van der Waals surface area contributed by atoms with Gasteiger partial charge < -0.3 is 10.1 Å². The zero-order valence-corrected chi connectivity index (χ0v) is 13.1. The molecule has 0 unspecified atom stereocenters. The minimum absolute atomic E-state index is 0.157. The van der Waals surface area contributed by atoms with Crippen LogP contribution in [-0.4, -0.2) is 23.0 Å². The highest BCUT2D eigenvalue weighted by Crippen LogP contribution is 2.41. The van der Waals surface area contributed by atoms with Crippen molar-refractivity contribution in [1.82, 2.24) is 10.3 Å². The summed E-state index contributed by atoms with van der Waals surface area (Å²) in [5, 5.41) is 2.96. The van der Waals surface area contributed by atoms with Gasteiger partial charge >= 0.3 is 0 Å². The molecule has 2 fully saturated rings.